The fourth-order valence-corrected chi connectivity index (χ4v) is 4.26. The van der Waals surface area contributed by atoms with E-state index in [1.807, 2.05) is 17.8 Å². The fraction of sp³-hybridized carbons (Fsp3) is 0.571. The van der Waals surface area contributed by atoms with Crippen molar-refractivity contribution in [3.05, 3.63) is 22.7 Å². The van der Waals surface area contributed by atoms with E-state index in [2.05, 4.69) is 35.0 Å². The molecule has 3 heteroatoms. The smallest absolute Gasteiger partial charge is 0.0463 e. The number of rotatable bonds is 3. The van der Waals surface area contributed by atoms with Crippen molar-refractivity contribution in [2.75, 3.05) is 5.73 Å². The summed E-state index contributed by atoms with van der Waals surface area (Å²) in [6.45, 7) is 2.31. The van der Waals surface area contributed by atoms with Gasteiger partial charge in [0.1, 0.15) is 0 Å². The first-order valence-corrected chi connectivity index (χ1v) is 8.08. The molecule has 1 aromatic rings. The van der Waals surface area contributed by atoms with Gasteiger partial charge in [-0.05, 0) is 37.0 Å². The van der Waals surface area contributed by atoms with Gasteiger partial charge in [-0.1, -0.05) is 42.1 Å². The lowest BCUT2D eigenvalue weighted by Crippen LogP contribution is -2.16. The second-order valence-corrected chi connectivity index (χ2v) is 7.12. The van der Waals surface area contributed by atoms with Crippen molar-refractivity contribution < 1.29 is 0 Å². The molecular weight excluding hydrogens is 294 g/mol. The average molecular weight is 314 g/mol. The number of nitrogen functional groups attached to an aromatic ring is 1. The van der Waals surface area contributed by atoms with Crippen LogP contribution in [-0.2, 0) is 0 Å². The lowest BCUT2D eigenvalue weighted by molar-refractivity contribution is 0.357. The molecule has 1 nitrogen and oxygen atoms in total. The number of thioether (sulfide) groups is 1. The Kier molecular flexibility index (Phi) is 4.80. The molecule has 2 atom stereocenters. The Balaban J connectivity index is 2.00. The molecule has 0 aliphatic heterocycles. The zero-order valence-corrected chi connectivity index (χ0v) is 12.7. The molecule has 0 aromatic heterocycles. The van der Waals surface area contributed by atoms with Crippen LogP contribution in [0.25, 0.3) is 0 Å². The Morgan fingerprint density at radius 3 is 2.94 bits per heavy atom. The summed E-state index contributed by atoms with van der Waals surface area (Å²) in [5.41, 5.74) is 6.96. The van der Waals surface area contributed by atoms with Crippen LogP contribution in [0.3, 0.4) is 0 Å². The number of halogens is 1. The van der Waals surface area contributed by atoms with Crippen molar-refractivity contribution in [3.8, 4) is 0 Å². The Bertz CT molecular complexity index is 380. The molecule has 2 unspecified atom stereocenters. The van der Waals surface area contributed by atoms with Crippen molar-refractivity contribution in [2.45, 2.75) is 49.2 Å². The topological polar surface area (TPSA) is 26.0 Å². The predicted molar refractivity (Wildman–Crippen MR) is 80.4 cm³/mol. The number of nitrogens with two attached hydrogens (primary N) is 1. The van der Waals surface area contributed by atoms with Gasteiger partial charge in [-0.2, -0.15) is 0 Å². The van der Waals surface area contributed by atoms with Crippen LogP contribution in [0.1, 0.15) is 39.0 Å². The Morgan fingerprint density at radius 2 is 2.24 bits per heavy atom. The summed E-state index contributed by atoms with van der Waals surface area (Å²) < 4.78 is 1.06. The minimum Gasteiger partial charge on any atom is -0.398 e. The van der Waals surface area contributed by atoms with E-state index in [9.17, 15) is 0 Å². The maximum absolute atomic E-state index is 6.05. The predicted octanol–water partition coefficient (Wildman–Crippen LogP) is 5.09. The van der Waals surface area contributed by atoms with Gasteiger partial charge in [0.15, 0.2) is 0 Å². The van der Waals surface area contributed by atoms with E-state index in [1.54, 1.807) is 0 Å². The van der Waals surface area contributed by atoms with E-state index in [0.29, 0.717) is 0 Å². The van der Waals surface area contributed by atoms with Crippen molar-refractivity contribution in [2.24, 2.45) is 5.92 Å². The number of hydrogen-bond donors (Lipinski definition) is 1. The van der Waals surface area contributed by atoms with E-state index in [0.717, 1.165) is 21.3 Å². The van der Waals surface area contributed by atoms with Crippen LogP contribution in [0.2, 0.25) is 0 Å². The highest BCUT2D eigenvalue weighted by Crippen LogP contribution is 2.39. The quantitative estimate of drug-likeness (QED) is 0.786. The van der Waals surface area contributed by atoms with E-state index in [1.165, 1.54) is 37.0 Å². The molecule has 0 radical (unpaired) electrons. The second kappa shape index (κ2) is 6.14. The standard InChI is InChI=1S/C14H20BrNS/c1-2-10-4-3-5-12(8-10)17-14-7-6-11(15)9-13(14)16/h6-7,9-10,12H,2-5,8,16H2,1H3. The van der Waals surface area contributed by atoms with Crippen LogP contribution in [0.4, 0.5) is 5.69 Å². The zero-order valence-electron chi connectivity index (χ0n) is 10.3. The maximum atomic E-state index is 6.05. The summed E-state index contributed by atoms with van der Waals surface area (Å²) in [6, 6.07) is 6.22. The third-order valence-corrected chi connectivity index (χ3v) is 5.46. The molecule has 1 saturated carbocycles. The number of benzene rings is 1. The van der Waals surface area contributed by atoms with Crippen LogP contribution < -0.4 is 5.73 Å². The summed E-state index contributed by atoms with van der Waals surface area (Å²) in [4.78, 5) is 1.25. The minimum atomic E-state index is 0.761. The van der Waals surface area contributed by atoms with Gasteiger partial charge in [-0.25, -0.2) is 0 Å². The highest BCUT2D eigenvalue weighted by Gasteiger charge is 2.22. The zero-order chi connectivity index (χ0) is 12.3. The first kappa shape index (κ1) is 13.3. The third-order valence-electron chi connectivity index (χ3n) is 3.58. The molecule has 0 saturated heterocycles. The summed E-state index contributed by atoms with van der Waals surface area (Å²) >= 11 is 5.43. The summed E-state index contributed by atoms with van der Waals surface area (Å²) in [5, 5.41) is 0.761. The lowest BCUT2D eigenvalue weighted by atomic mass is 9.87. The molecule has 1 aromatic carbocycles. The molecule has 17 heavy (non-hydrogen) atoms. The lowest BCUT2D eigenvalue weighted by Gasteiger charge is -2.28. The van der Waals surface area contributed by atoms with Crippen LogP contribution in [0, 0.1) is 5.92 Å². The van der Waals surface area contributed by atoms with E-state index < -0.39 is 0 Å². The van der Waals surface area contributed by atoms with Crippen LogP contribution in [0.5, 0.6) is 0 Å². The van der Waals surface area contributed by atoms with Gasteiger partial charge in [0.05, 0.1) is 0 Å². The number of hydrogen-bond acceptors (Lipinski definition) is 2. The van der Waals surface area contributed by atoms with Crippen molar-refractivity contribution in [3.63, 3.8) is 0 Å². The first-order valence-electron chi connectivity index (χ1n) is 6.40. The summed E-state index contributed by atoms with van der Waals surface area (Å²) in [7, 11) is 0. The van der Waals surface area contributed by atoms with Crippen LogP contribution >= 0.6 is 27.7 Å². The number of anilines is 1. The van der Waals surface area contributed by atoms with Crippen molar-refractivity contribution in [1.82, 2.24) is 0 Å². The molecule has 1 aliphatic carbocycles. The summed E-state index contributed by atoms with van der Waals surface area (Å²) in [5.74, 6) is 0.929. The van der Waals surface area contributed by atoms with Gasteiger partial charge in [-0.3, -0.25) is 0 Å². The third kappa shape index (κ3) is 3.65. The van der Waals surface area contributed by atoms with E-state index in [-0.39, 0.29) is 0 Å². The molecule has 2 rings (SSSR count). The van der Waals surface area contributed by atoms with Crippen molar-refractivity contribution >= 4 is 33.4 Å². The largest absolute Gasteiger partial charge is 0.398 e. The molecule has 1 fully saturated rings. The van der Waals surface area contributed by atoms with Crippen LogP contribution in [0.15, 0.2) is 27.6 Å². The molecule has 0 bridgehead atoms. The van der Waals surface area contributed by atoms with Crippen molar-refractivity contribution in [1.29, 1.82) is 0 Å². The maximum Gasteiger partial charge on any atom is 0.0463 e. The average Bonchev–Trinajstić information content (AvgIpc) is 2.33. The van der Waals surface area contributed by atoms with Gasteiger partial charge in [0.2, 0.25) is 0 Å². The van der Waals surface area contributed by atoms with E-state index in [4.69, 9.17) is 5.73 Å². The Hall–Kier alpha value is -0.150. The normalized spacial score (nSPS) is 24.8. The molecule has 1 aliphatic rings. The van der Waals surface area contributed by atoms with Gasteiger partial charge in [0, 0.05) is 20.3 Å². The highest BCUT2D eigenvalue weighted by molar-refractivity contribution is 9.10. The molecular formula is C14H20BrNS. The highest BCUT2D eigenvalue weighted by atomic mass is 79.9. The van der Waals surface area contributed by atoms with Gasteiger partial charge >= 0.3 is 0 Å². The molecule has 0 heterocycles. The van der Waals surface area contributed by atoms with E-state index >= 15 is 0 Å². The Morgan fingerprint density at radius 1 is 1.41 bits per heavy atom. The molecule has 0 spiro atoms. The fourth-order valence-electron chi connectivity index (χ4n) is 2.53. The molecule has 2 N–H and O–H groups in total. The minimum absolute atomic E-state index is 0.761. The van der Waals surface area contributed by atoms with Gasteiger partial charge in [0.25, 0.3) is 0 Å². The first-order chi connectivity index (χ1) is 8.19. The Labute approximate surface area is 117 Å². The summed E-state index contributed by atoms with van der Waals surface area (Å²) in [6.07, 6.45) is 6.83. The van der Waals surface area contributed by atoms with Gasteiger partial charge < -0.3 is 5.73 Å². The monoisotopic (exact) mass is 313 g/mol. The molecule has 94 valence electrons. The SMILES string of the molecule is CCC1CCCC(Sc2ccc(Br)cc2N)C1. The van der Waals surface area contributed by atoms with Crippen LogP contribution in [-0.4, -0.2) is 5.25 Å². The second-order valence-electron chi connectivity index (χ2n) is 4.86. The molecule has 0 amide bonds. The van der Waals surface area contributed by atoms with Gasteiger partial charge in [-0.15, -0.1) is 11.8 Å².